The highest BCUT2D eigenvalue weighted by Gasteiger charge is 2.31. The predicted molar refractivity (Wildman–Crippen MR) is 132 cm³/mol. The Morgan fingerprint density at radius 2 is 1.66 bits per heavy atom. The zero-order chi connectivity index (χ0) is 26.0. The van der Waals surface area contributed by atoms with Crippen LogP contribution in [-0.4, -0.2) is 65.0 Å². The lowest BCUT2D eigenvalue weighted by Gasteiger charge is -2.25. The van der Waals surface area contributed by atoms with Crippen LogP contribution in [-0.2, 0) is 25.6 Å². The Morgan fingerprint density at radius 1 is 0.971 bits per heavy atom. The molecule has 9 N–H and O–H groups in total. The van der Waals surface area contributed by atoms with Crippen molar-refractivity contribution in [2.45, 2.75) is 57.7 Å². The standard InChI is InChI=1S/C24H36N6O5/c1-14(2)21(24(34)35)30-23(33)19(11-15-13-27-17-8-4-3-7-16(15)17)29-22(32)18(9-5-6-10-25)28-20(31)12-26/h3-4,7-8,13-14,18-19,21,27H,5-6,9-12,25-26H2,1-2H3,(H,28,31)(H,29,32)(H,30,33)(H,34,35). The van der Waals surface area contributed by atoms with E-state index in [0.717, 1.165) is 16.5 Å². The van der Waals surface area contributed by atoms with E-state index in [4.69, 9.17) is 11.5 Å². The van der Waals surface area contributed by atoms with Crippen molar-refractivity contribution in [3.05, 3.63) is 36.0 Å². The van der Waals surface area contributed by atoms with E-state index < -0.39 is 41.8 Å². The van der Waals surface area contributed by atoms with Crippen molar-refractivity contribution in [2.75, 3.05) is 13.1 Å². The number of unbranched alkanes of at least 4 members (excludes halogenated alkanes) is 1. The minimum atomic E-state index is -1.17. The molecule has 3 atom stereocenters. The minimum Gasteiger partial charge on any atom is -0.480 e. The summed E-state index contributed by atoms with van der Waals surface area (Å²) in [7, 11) is 0. The second-order valence-corrected chi connectivity index (χ2v) is 8.80. The molecule has 0 saturated heterocycles. The van der Waals surface area contributed by atoms with Crippen molar-refractivity contribution >= 4 is 34.6 Å². The number of hydrogen-bond donors (Lipinski definition) is 7. The quantitative estimate of drug-likeness (QED) is 0.182. The normalized spacial score (nSPS) is 13.7. The van der Waals surface area contributed by atoms with Crippen LogP contribution < -0.4 is 27.4 Å². The number of aliphatic carboxylic acids is 1. The smallest absolute Gasteiger partial charge is 0.326 e. The number of hydrogen-bond acceptors (Lipinski definition) is 6. The highest BCUT2D eigenvalue weighted by Crippen LogP contribution is 2.19. The van der Waals surface area contributed by atoms with E-state index >= 15 is 0 Å². The molecule has 192 valence electrons. The van der Waals surface area contributed by atoms with Crippen LogP contribution in [0.25, 0.3) is 10.9 Å². The van der Waals surface area contributed by atoms with Gasteiger partial charge in [0.1, 0.15) is 18.1 Å². The molecule has 0 aliphatic rings. The SMILES string of the molecule is CC(C)C(NC(=O)C(Cc1c[nH]c2ccccc12)NC(=O)C(CCCCN)NC(=O)CN)C(=O)O. The van der Waals surface area contributed by atoms with Gasteiger partial charge in [-0.25, -0.2) is 4.79 Å². The molecule has 1 aromatic carbocycles. The van der Waals surface area contributed by atoms with Crippen molar-refractivity contribution in [3.8, 4) is 0 Å². The van der Waals surface area contributed by atoms with Crippen LogP contribution >= 0.6 is 0 Å². The predicted octanol–water partition coefficient (Wildman–Crippen LogP) is -0.00690. The molecule has 0 bridgehead atoms. The van der Waals surface area contributed by atoms with E-state index in [1.165, 1.54) is 0 Å². The van der Waals surface area contributed by atoms with Crippen molar-refractivity contribution in [1.29, 1.82) is 0 Å². The van der Waals surface area contributed by atoms with Gasteiger partial charge >= 0.3 is 5.97 Å². The first-order valence-electron chi connectivity index (χ1n) is 11.8. The summed E-state index contributed by atoms with van der Waals surface area (Å²) in [5.74, 6) is -3.22. The van der Waals surface area contributed by atoms with E-state index in [1.807, 2.05) is 24.3 Å². The number of nitrogens with two attached hydrogens (primary N) is 2. The van der Waals surface area contributed by atoms with Gasteiger partial charge in [0.2, 0.25) is 17.7 Å². The third kappa shape index (κ3) is 8.08. The summed E-state index contributed by atoms with van der Waals surface area (Å²) in [5.41, 5.74) is 12.6. The highest BCUT2D eigenvalue weighted by atomic mass is 16.4. The molecule has 11 nitrogen and oxygen atoms in total. The molecular weight excluding hydrogens is 452 g/mol. The summed E-state index contributed by atoms with van der Waals surface area (Å²) in [6.45, 7) is 3.52. The van der Waals surface area contributed by atoms with Crippen LogP contribution in [0.3, 0.4) is 0 Å². The molecule has 2 rings (SSSR count). The Labute approximate surface area is 204 Å². The number of nitrogens with one attached hydrogen (secondary N) is 4. The van der Waals surface area contributed by atoms with Crippen molar-refractivity contribution in [3.63, 3.8) is 0 Å². The number of amides is 3. The molecule has 0 radical (unpaired) electrons. The third-order valence-corrected chi connectivity index (χ3v) is 5.75. The van der Waals surface area contributed by atoms with Gasteiger partial charge in [-0.1, -0.05) is 32.0 Å². The molecule has 0 fully saturated rings. The van der Waals surface area contributed by atoms with Crippen molar-refractivity contribution < 1.29 is 24.3 Å². The molecule has 2 aromatic rings. The summed E-state index contributed by atoms with van der Waals surface area (Å²) in [6.07, 6.45) is 3.44. The Balaban J connectivity index is 2.29. The van der Waals surface area contributed by atoms with Gasteiger partial charge in [0.15, 0.2) is 0 Å². The first kappa shape index (κ1) is 27.8. The summed E-state index contributed by atoms with van der Waals surface area (Å²) >= 11 is 0. The maximum absolute atomic E-state index is 13.2. The van der Waals surface area contributed by atoms with E-state index in [0.29, 0.717) is 25.8 Å². The topological polar surface area (TPSA) is 192 Å². The number of benzene rings is 1. The Kier molecular flexibility index (Phi) is 10.7. The first-order chi connectivity index (χ1) is 16.7. The Bertz CT molecular complexity index is 1020. The van der Waals surface area contributed by atoms with Crippen LogP contribution in [0.2, 0.25) is 0 Å². The van der Waals surface area contributed by atoms with Crippen molar-refractivity contribution in [2.24, 2.45) is 17.4 Å². The molecular formula is C24H36N6O5. The average Bonchev–Trinajstić information content (AvgIpc) is 3.23. The van der Waals surface area contributed by atoms with Gasteiger partial charge in [-0.3, -0.25) is 14.4 Å². The lowest BCUT2D eigenvalue weighted by Crippen LogP contribution is -2.57. The highest BCUT2D eigenvalue weighted by molar-refractivity contribution is 5.94. The largest absolute Gasteiger partial charge is 0.480 e. The summed E-state index contributed by atoms with van der Waals surface area (Å²) in [4.78, 5) is 53.0. The average molecular weight is 489 g/mol. The lowest BCUT2D eigenvalue weighted by molar-refractivity contribution is -0.143. The van der Waals surface area contributed by atoms with Gasteiger partial charge in [0.25, 0.3) is 0 Å². The fourth-order valence-corrected chi connectivity index (χ4v) is 3.78. The van der Waals surface area contributed by atoms with Gasteiger partial charge in [0, 0.05) is 23.5 Å². The van der Waals surface area contributed by atoms with Crippen LogP contribution in [0.1, 0.15) is 38.7 Å². The van der Waals surface area contributed by atoms with Gasteiger partial charge in [-0.15, -0.1) is 0 Å². The van der Waals surface area contributed by atoms with Crippen LogP contribution in [0.5, 0.6) is 0 Å². The van der Waals surface area contributed by atoms with Crippen molar-refractivity contribution in [1.82, 2.24) is 20.9 Å². The van der Waals surface area contributed by atoms with E-state index in [1.54, 1.807) is 20.0 Å². The number of carboxylic acids is 1. The lowest BCUT2D eigenvalue weighted by atomic mass is 10.0. The number of H-pyrrole nitrogens is 1. The molecule has 11 heteroatoms. The summed E-state index contributed by atoms with van der Waals surface area (Å²) in [5, 5.41) is 18.2. The molecule has 1 heterocycles. The zero-order valence-electron chi connectivity index (χ0n) is 20.2. The molecule has 0 aliphatic carbocycles. The van der Waals surface area contributed by atoms with Crippen LogP contribution in [0.15, 0.2) is 30.5 Å². The fourth-order valence-electron chi connectivity index (χ4n) is 3.78. The number of fused-ring (bicyclic) bond motifs is 1. The maximum Gasteiger partial charge on any atom is 0.326 e. The summed E-state index contributed by atoms with van der Waals surface area (Å²) < 4.78 is 0. The van der Waals surface area contributed by atoms with Gasteiger partial charge < -0.3 is 37.5 Å². The Hall–Kier alpha value is -3.44. The Morgan fingerprint density at radius 3 is 2.29 bits per heavy atom. The number of rotatable bonds is 14. The van der Waals surface area contributed by atoms with Crippen LogP contribution in [0, 0.1) is 5.92 Å². The van der Waals surface area contributed by atoms with Gasteiger partial charge in [0.05, 0.1) is 6.54 Å². The second-order valence-electron chi connectivity index (χ2n) is 8.80. The zero-order valence-corrected chi connectivity index (χ0v) is 20.2. The fraction of sp³-hybridized carbons (Fsp3) is 0.500. The molecule has 0 saturated carbocycles. The van der Waals surface area contributed by atoms with E-state index in [2.05, 4.69) is 20.9 Å². The molecule has 35 heavy (non-hydrogen) atoms. The minimum absolute atomic E-state index is 0.117. The number of aromatic amines is 1. The number of carbonyl (C=O) groups excluding carboxylic acids is 3. The molecule has 1 aromatic heterocycles. The second kappa shape index (κ2) is 13.4. The number of carbonyl (C=O) groups is 4. The molecule has 3 amide bonds. The molecule has 3 unspecified atom stereocenters. The number of aromatic nitrogens is 1. The third-order valence-electron chi connectivity index (χ3n) is 5.75. The van der Waals surface area contributed by atoms with E-state index in [-0.39, 0.29) is 18.9 Å². The molecule has 0 aliphatic heterocycles. The first-order valence-corrected chi connectivity index (χ1v) is 11.8. The molecule has 0 spiro atoms. The monoisotopic (exact) mass is 488 g/mol. The van der Waals surface area contributed by atoms with Gasteiger partial charge in [-0.2, -0.15) is 0 Å². The van der Waals surface area contributed by atoms with Gasteiger partial charge in [-0.05, 0) is 43.4 Å². The maximum atomic E-state index is 13.2. The van der Waals surface area contributed by atoms with E-state index in [9.17, 15) is 24.3 Å². The number of para-hydroxylation sites is 1. The number of carboxylic acid groups (broad SMARTS) is 1. The summed E-state index contributed by atoms with van der Waals surface area (Å²) in [6, 6.07) is 4.42. The van der Waals surface area contributed by atoms with Crippen LogP contribution in [0.4, 0.5) is 0 Å².